The Morgan fingerprint density at radius 1 is 1.38 bits per heavy atom. The van der Waals surface area contributed by atoms with Gasteiger partial charge in [-0.2, -0.15) is 0 Å². The number of likely N-dealkylation sites (tertiary alicyclic amines) is 1. The molecule has 1 saturated heterocycles. The number of likely N-dealkylation sites (N-methyl/N-ethyl adjacent to an activating group) is 1. The molecule has 0 aliphatic carbocycles. The predicted octanol–water partition coefficient (Wildman–Crippen LogP) is 2.21. The molecule has 4 heteroatoms. The van der Waals surface area contributed by atoms with Gasteiger partial charge in [-0.15, -0.1) is 0 Å². The predicted molar refractivity (Wildman–Crippen MR) is 85.9 cm³/mol. The van der Waals surface area contributed by atoms with Crippen LogP contribution in [0, 0.1) is 0 Å². The van der Waals surface area contributed by atoms with Gasteiger partial charge in [-0.1, -0.05) is 19.9 Å². The highest BCUT2D eigenvalue weighted by Gasteiger charge is 2.30. The van der Waals surface area contributed by atoms with Crippen molar-refractivity contribution in [1.82, 2.24) is 9.80 Å². The molecule has 4 nitrogen and oxygen atoms in total. The van der Waals surface area contributed by atoms with Gasteiger partial charge in [0.15, 0.2) is 0 Å². The molecule has 3 rings (SSSR count). The van der Waals surface area contributed by atoms with Gasteiger partial charge >= 0.3 is 0 Å². The molecular weight excluding hydrogens is 262 g/mol. The molecule has 1 amide bonds. The Labute approximate surface area is 127 Å². The minimum Gasteiger partial charge on any atom is -0.384 e. The number of carbonyl (C=O) groups is 1. The van der Waals surface area contributed by atoms with Crippen molar-refractivity contribution in [2.45, 2.75) is 32.7 Å². The molecule has 1 N–H and O–H groups in total. The molecule has 114 valence electrons. The first kappa shape index (κ1) is 14.4. The molecule has 2 aliphatic rings. The summed E-state index contributed by atoms with van der Waals surface area (Å²) in [6, 6.07) is 6.63. The summed E-state index contributed by atoms with van der Waals surface area (Å²) in [7, 11) is 0. The van der Waals surface area contributed by atoms with E-state index in [1.165, 1.54) is 5.56 Å². The van der Waals surface area contributed by atoms with Crippen molar-refractivity contribution in [3.63, 3.8) is 0 Å². The Kier molecular flexibility index (Phi) is 4.15. The van der Waals surface area contributed by atoms with E-state index in [9.17, 15) is 4.79 Å². The number of hydrogen-bond donors (Lipinski definition) is 1. The maximum atomic E-state index is 12.7. The maximum absolute atomic E-state index is 12.7. The minimum absolute atomic E-state index is 0.182. The van der Waals surface area contributed by atoms with Crippen molar-refractivity contribution in [3.05, 3.63) is 29.3 Å². The van der Waals surface area contributed by atoms with Gasteiger partial charge in [0.05, 0.1) is 0 Å². The number of anilines is 1. The Bertz CT molecular complexity index is 525. The van der Waals surface area contributed by atoms with Crippen molar-refractivity contribution in [3.8, 4) is 0 Å². The van der Waals surface area contributed by atoms with Crippen LogP contribution >= 0.6 is 0 Å². The van der Waals surface area contributed by atoms with E-state index in [1.807, 2.05) is 17.0 Å². The molecule has 0 aromatic heterocycles. The lowest BCUT2D eigenvalue weighted by atomic mass is 10.1. The lowest BCUT2D eigenvalue weighted by molar-refractivity contribution is 0.0778. The van der Waals surface area contributed by atoms with Gasteiger partial charge < -0.3 is 10.2 Å². The number of nitrogens with one attached hydrogen (secondary N) is 1. The molecule has 1 unspecified atom stereocenters. The molecule has 0 radical (unpaired) electrons. The average Bonchev–Trinajstić information content (AvgIpc) is 3.16. The molecule has 0 spiro atoms. The van der Waals surface area contributed by atoms with Crippen LogP contribution in [0.3, 0.4) is 0 Å². The monoisotopic (exact) mass is 287 g/mol. The lowest BCUT2D eigenvalue weighted by Crippen LogP contribution is -2.38. The van der Waals surface area contributed by atoms with Crippen LogP contribution in [0.2, 0.25) is 0 Å². The van der Waals surface area contributed by atoms with E-state index in [0.717, 1.165) is 56.8 Å². The van der Waals surface area contributed by atoms with Gasteiger partial charge in [0.1, 0.15) is 0 Å². The fraction of sp³-hybridized carbons (Fsp3) is 0.588. The van der Waals surface area contributed by atoms with Gasteiger partial charge in [0, 0.05) is 36.9 Å². The fourth-order valence-electron chi connectivity index (χ4n) is 3.57. The summed E-state index contributed by atoms with van der Waals surface area (Å²) >= 11 is 0. The highest BCUT2D eigenvalue weighted by atomic mass is 16.2. The van der Waals surface area contributed by atoms with Crippen molar-refractivity contribution >= 4 is 11.6 Å². The fourth-order valence-corrected chi connectivity index (χ4v) is 3.57. The summed E-state index contributed by atoms with van der Waals surface area (Å²) in [5, 5.41) is 3.35. The number of carbonyl (C=O) groups excluding carboxylic acids is 1. The van der Waals surface area contributed by atoms with Crippen LogP contribution in [0.1, 0.15) is 36.2 Å². The third kappa shape index (κ3) is 2.77. The molecule has 2 aliphatic heterocycles. The van der Waals surface area contributed by atoms with E-state index in [2.05, 4.69) is 30.1 Å². The van der Waals surface area contributed by atoms with Crippen LogP contribution in [0.15, 0.2) is 18.2 Å². The van der Waals surface area contributed by atoms with Gasteiger partial charge in [-0.25, -0.2) is 0 Å². The molecular formula is C17H25N3O. The summed E-state index contributed by atoms with van der Waals surface area (Å²) in [6.45, 7) is 9.24. The van der Waals surface area contributed by atoms with E-state index in [0.29, 0.717) is 6.04 Å². The Hall–Kier alpha value is -1.55. The number of amides is 1. The van der Waals surface area contributed by atoms with E-state index in [4.69, 9.17) is 0 Å². The summed E-state index contributed by atoms with van der Waals surface area (Å²) in [5.74, 6) is 0.182. The zero-order chi connectivity index (χ0) is 14.8. The summed E-state index contributed by atoms with van der Waals surface area (Å²) < 4.78 is 0. The summed E-state index contributed by atoms with van der Waals surface area (Å²) in [5.41, 5.74) is 3.29. The number of fused-ring (bicyclic) bond motifs is 1. The van der Waals surface area contributed by atoms with E-state index >= 15 is 0 Å². The van der Waals surface area contributed by atoms with Gasteiger partial charge in [-0.3, -0.25) is 9.69 Å². The molecule has 0 saturated carbocycles. The third-order valence-corrected chi connectivity index (χ3v) is 4.85. The normalized spacial score (nSPS) is 20.7. The quantitative estimate of drug-likeness (QED) is 0.922. The van der Waals surface area contributed by atoms with Crippen LogP contribution < -0.4 is 5.32 Å². The van der Waals surface area contributed by atoms with Crippen LogP contribution in [0.5, 0.6) is 0 Å². The Balaban J connectivity index is 1.69. The van der Waals surface area contributed by atoms with E-state index < -0.39 is 0 Å². The van der Waals surface area contributed by atoms with E-state index in [1.54, 1.807) is 0 Å². The lowest BCUT2D eigenvalue weighted by Gasteiger charge is -2.26. The van der Waals surface area contributed by atoms with Crippen molar-refractivity contribution < 1.29 is 4.79 Å². The van der Waals surface area contributed by atoms with Gasteiger partial charge in [0.25, 0.3) is 5.91 Å². The standard InChI is InChI=1S/C17H25N3O/c1-3-19(4-2)15-8-10-20(12-15)17(21)14-6-5-13-7-9-18-16(13)11-14/h5-6,11,15,18H,3-4,7-10,12H2,1-2H3. The van der Waals surface area contributed by atoms with Crippen LogP contribution in [-0.4, -0.2) is 54.5 Å². The van der Waals surface area contributed by atoms with Crippen LogP contribution in [0.4, 0.5) is 5.69 Å². The second-order valence-corrected chi connectivity index (χ2v) is 5.96. The number of benzene rings is 1. The van der Waals surface area contributed by atoms with Crippen LogP contribution in [-0.2, 0) is 6.42 Å². The Morgan fingerprint density at radius 3 is 2.95 bits per heavy atom. The summed E-state index contributed by atoms with van der Waals surface area (Å²) in [4.78, 5) is 17.1. The minimum atomic E-state index is 0.182. The highest BCUT2D eigenvalue weighted by Crippen LogP contribution is 2.25. The van der Waals surface area contributed by atoms with Crippen LogP contribution in [0.25, 0.3) is 0 Å². The number of nitrogens with zero attached hydrogens (tertiary/aromatic N) is 2. The van der Waals surface area contributed by atoms with E-state index in [-0.39, 0.29) is 5.91 Å². The van der Waals surface area contributed by atoms with Crippen molar-refractivity contribution in [2.24, 2.45) is 0 Å². The molecule has 0 bridgehead atoms. The van der Waals surface area contributed by atoms with Crippen molar-refractivity contribution in [1.29, 1.82) is 0 Å². The number of rotatable bonds is 4. The largest absolute Gasteiger partial charge is 0.384 e. The zero-order valence-corrected chi connectivity index (χ0v) is 13.1. The topological polar surface area (TPSA) is 35.6 Å². The first-order chi connectivity index (χ1) is 10.2. The average molecular weight is 287 g/mol. The second kappa shape index (κ2) is 6.06. The number of hydrogen-bond acceptors (Lipinski definition) is 3. The Morgan fingerprint density at radius 2 is 2.19 bits per heavy atom. The molecule has 1 fully saturated rings. The van der Waals surface area contributed by atoms with Crippen molar-refractivity contribution in [2.75, 3.05) is 38.0 Å². The first-order valence-corrected chi connectivity index (χ1v) is 8.13. The zero-order valence-electron chi connectivity index (χ0n) is 13.1. The molecule has 21 heavy (non-hydrogen) atoms. The molecule has 2 heterocycles. The first-order valence-electron chi connectivity index (χ1n) is 8.13. The third-order valence-electron chi connectivity index (χ3n) is 4.85. The summed E-state index contributed by atoms with van der Waals surface area (Å²) in [6.07, 6.45) is 2.16. The van der Waals surface area contributed by atoms with Gasteiger partial charge in [0.2, 0.25) is 0 Å². The molecule has 1 aromatic carbocycles. The SMILES string of the molecule is CCN(CC)C1CCN(C(=O)c2ccc3c(c2)NCC3)C1. The second-order valence-electron chi connectivity index (χ2n) is 5.96. The smallest absolute Gasteiger partial charge is 0.253 e. The molecule has 1 atom stereocenters. The maximum Gasteiger partial charge on any atom is 0.253 e. The highest BCUT2D eigenvalue weighted by molar-refractivity contribution is 5.95. The van der Waals surface area contributed by atoms with Gasteiger partial charge in [-0.05, 0) is 43.6 Å². The molecule has 1 aromatic rings.